The molecule has 0 spiro atoms. The Labute approximate surface area is 834 Å². The second kappa shape index (κ2) is 66.2. The van der Waals surface area contributed by atoms with E-state index >= 15 is 0 Å². The van der Waals surface area contributed by atoms with Crippen molar-refractivity contribution in [3.63, 3.8) is 0 Å². The summed E-state index contributed by atoms with van der Waals surface area (Å²) in [6, 6.07) is 75.4. The average molecular weight is 1940 g/mol. The van der Waals surface area contributed by atoms with E-state index in [1.807, 2.05) is 204 Å². The van der Waals surface area contributed by atoms with Crippen molar-refractivity contribution in [2.45, 2.75) is 207 Å². The van der Waals surface area contributed by atoms with E-state index in [-0.39, 0.29) is 53.2 Å². The van der Waals surface area contributed by atoms with E-state index in [4.69, 9.17) is 42.6 Å². The monoisotopic (exact) mass is 1940 g/mol. The summed E-state index contributed by atoms with van der Waals surface area (Å²) < 4.78 is 79.1. The summed E-state index contributed by atoms with van der Waals surface area (Å²) >= 11 is 0. The fraction of sp³-hybridized carbons (Fsp3) is 0.416. The van der Waals surface area contributed by atoms with Crippen molar-refractivity contribution in [3.05, 3.63) is 304 Å². The molecule has 10 aromatic carbocycles. The van der Waals surface area contributed by atoms with Gasteiger partial charge in [-0.05, 0) is 208 Å². The number of likely N-dealkylation sites (N-methyl/N-ethyl adjacent to an activating group) is 3. The van der Waals surface area contributed by atoms with Gasteiger partial charge in [0.05, 0.1) is 71.9 Å². The summed E-state index contributed by atoms with van der Waals surface area (Å²) in [5, 5.41) is 15.7. The molecule has 0 aliphatic carbocycles. The van der Waals surface area contributed by atoms with Crippen molar-refractivity contribution in [1.29, 1.82) is 0 Å². The Morgan fingerprint density at radius 3 is 0.886 bits per heavy atom. The van der Waals surface area contributed by atoms with E-state index in [0.29, 0.717) is 149 Å². The Bertz CT molecular complexity index is 5310. The van der Waals surface area contributed by atoms with Crippen LogP contribution in [0, 0.1) is 0 Å². The first-order valence-corrected chi connectivity index (χ1v) is 50.0. The minimum absolute atomic E-state index is 0. The van der Waals surface area contributed by atoms with Gasteiger partial charge in [-0.1, -0.05) is 275 Å². The number of esters is 3. The number of sulfonamides is 1. The number of nitrogens with zero attached hydrogens (tertiary/aromatic N) is 3. The Morgan fingerprint density at radius 1 is 0.321 bits per heavy atom. The molecule has 0 saturated heterocycles. The van der Waals surface area contributed by atoms with Crippen LogP contribution in [0.3, 0.4) is 0 Å². The lowest BCUT2D eigenvalue weighted by Crippen LogP contribution is -2.45. The fourth-order valence-electron chi connectivity index (χ4n) is 14.2. The number of amides is 3. The van der Waals surface area contributed by atoms with Crippen LogP contribution >= 0.6 is 0 Å². The highest BCUT2D eigenvalue weighted by Gasteiger charge is 2.28. The van der Waals surface area contributed by atoms with E-state index in [0.717, 1.165) is 134 Å². The van der Waals surface area contributed by atoms with Crippen molar-refractivity contribution in [1.82, 2.24) is 30.1 Å². The van der Waals surface area contributed by atoms with Gasteiger partial charge in [0.15, 0.2) is 0 Å². The van der Waals surface area contributed by atoms with E-state index in [1.54, 1.807) is 72.8 Å². The average Bonchev–Trinajstić information content (AvgIpc) is 0.839. The first-order chi connectivity index (χ1) is 66.4. The zero-order valence-electron chi connectivity index (χ0n) is 82.0. The minimum atomic E-state index is -3.72. The Morgan fingerprint density at radius 2 is 0.600 bits per heavy atom. The molecule has 0 saturated carbocycles. The summed E-state index contributed by atoms with van der Waals surface area (Å²) in [6.07, 6.45) is 7.34. The summed E-state index contributed by atoms with van der Waals surface area (Å²) in [5.41, 5.74) is 9.46. The molecule has 0 unspecified atom stereocenters. The normalized spacial score (nSPS) is 11.5. The molecule has 0 heterocycles. The molecule has 10 aromatic rings. The van der Waals surface area contributed by atoms with Gasteiger partial charge in [0.1, 0.15) is 80.2 Å². The Hall–Kier alpha value is -12.5. The molecule has 140 heavy (non-hydrogen) atoms. The maximum atomic E-state index is 13.9. The van der Waals surface area contributed by atoms with E-state index in [2.05, 4.69) is 87.5 Å². The van der Waals surface area contributed by atoms with Crippen LogP contribution < -0.4 is 59.7 Å². The van der Waals surface area contributed by atoms with Crippen molar-refractivity contribution < 1.29 is 79.8 Å². The summed E-state index contributed by atoms with van der Waals surface area (Å²) in [4.78, 5) is 85.9. The van der Waals surface area contributed by atoms with Crippen LogP contribution in [-0.2, 0) is 84.2 Å². The lowest BCUT2D eigenvalue weighted by Gasteiger charge is -2.22. The highest BCUT2D eigenvalue weighted by Crippen LogP contribution is 2.32. The number of ether oxygens (including phenoxy) is 9. The maximum Gasteiger partial charge on any atom is 0.338 e. The highest BCUT2D eigenvalue weighted by molar-refractivity contribution is 7.88. The van der Waals surface area contributed by atoms with Gasteiger partial charge in [-0.3, -0.25) is 14.4 Å². The van der Waals surface area contributed by atoms with Crippen molar-refractivity contribution in [2.75, 3.05) is 121 Å². The predicted octanol–water partition coefficient (Wildman–Crippen LogP) is 20.7. The van der Waals surface area contributed by atoms with Gasteiger partial charge in [-0.15, -0.1) is 0 Å². The topological polar surface area (TPSA) is 302 Å². The maximum absolute atomic E-state index is 13.9. The SMILES string of the molecule is C.C.C.CCCCOc1cc(C(=O)OCCN(CC)CC)ccc1NC(=O)[C@@H](Cc1ccc(OCc2ccccc2)cc1)NC(C)C.CCCCOc1cc(C(=O)OCCN(CC)CC)ccc1NC(=O)[C@@H](Cc1ccc(OCc2ccccc2)cc1)NCc1ccccc1.CCCCOc1cc(C(=O)OCCN(CC)CC)ccc1NC(=O)[C@@H](Cc1ccc(OCc2ccccc2)cc1)NS(C)(=O)=O. The summed E-state index contributed by atoms with van der Waals surface area (Å²) in [5.74, 6) is 1.11. The number of hydrogen-bond acceptors (Lipinski definition) is 22. The predicted molar refractivity (Wildman–Crippen MR) is 564 cm³/mol. The van der Waals surface area contributed by atoms with Gasteiger partial charge >= 0.3 is 17.9 Å². The fourth-order valence-corrected chi connectivity index (χ4v) is 14.9. The van der Waals surface area contributed by atoms with Gasteiger partial charge in [0, 0.05) is 32.2 Å². The van der Waals surface area contributed by atoms with Crippen LogP contribution in [0.15, 0.2) is 249 Å². The Balaban J connectivity index is 0.000000367. The van der Waals surface area contributed by atoms with Crippen molar-refractivity contribution in [2.24, 2.45) is 0 Å². The molecular formula is C113H155N9O17S. The molecule has 0 aliphatic heterocycles. The number of unbranched alkanes of at least 4 members (excludes halogenated alkanes) is 3. The molecule has 10 rings (SSSR count). The van der Waals surface area contributed by atoms with Crippen LogP contribution in [-0.4, -0.2) is 188 Å². The molecule has 3 amide bonds. The van der Waals surface area contributed by atoms with Gasteiger partial charge in [0.25, 0.3) is 0 Å². The van der Waals surface area contributed by atoms with Gasteiger partial charge in [-0.25, -0.2) is 27.5 Å². The molecule has 0 aromatic heterocycles. The zero-order chi connectivity index (χ0) is 98.4. The number of benzene rings is 10. The molecule has 0 bridgehead atoms. The largest absolute Gasteiger partial charge is 0.491 e. The smallest absolute Gasteiger partial charge is 0.338 e. The molecule has 6 N–H and O–H groups in total. The van der Waals surface area contributed by atoms with Gasteiger partial charge < -0.3 is 83.9 Å². The van der Waals surface area contributed by atoms with Crippen LogP contribution in [0.2, 0.25) is 0 Å². The number of hydrogen-bond donors (Lipinski definition) is 6. The van der Waals surface area contributed by atoms with Gasteiger partial charge in [-0.2, -0.15) is 0 Å². The standard InChI is InChI=1S/C40H49N3O5.C36H49N3O5.C34H45N3O7S.3CH4/c1-4-7-25-46-38-28-34(40(45)47-26-24-43(5-2)6-3)20-23-36(38)42-39(44)37(41-29-32-14-10-8-11-15-32)27-31-18-21-35(22-19-31)48-30-33-16-12-9-13-17-33;1-6-9-22-42-34-25-30(36(41)43-23-21-39(7-2)8-3)17-20-32(34)38-35(40)33(37-27(4)5)24-28-15-18-31(19-16-28)44-26-29-13-11-10-12-14-29;1-5-8-21-42-32-24-28(34(39)43-22-20-37(6-2)7-3)16-19-30(32)35-33(38)31(36-45(4,40)41)23-26-14-17-29(18-15-26)44-25-27-12-10-9-11-13-27;;;/h8-23,28,37,41H,4-7,24-27,29-30H2,1-3H3,(H,42,44);10-20,25,27,33,37H,6-9,21-24,26H2,1-5H3,(H,38,40);9-19,24,31,36H,5-8,20-23,25H2,1-4H3,(H,35,38);3*1H4/t37-;33-;31-;;;/m111.../s1. The minimum Gasteiger partial charge on any atom is -0.491 e. The van der Waals surface area contributed by atoms with Gasteiger partial charge in [0.2, 0.25) is 27.7 Å². The molecule has 760 valence electrons. The van der Waals surface area contributed by atoms with E-state index in [9.17, 15) is 37.2 Å². The zero-order valence-corrected chi connectivity index (χ0v) is 82.8. The summed E-state index contributed by atoms with van der Waals surface area (Å²) in [6.45, 7) is 34.1. The lowest BCUT2D eigenvalue weighted by molar-refractivity contribution is -0.119. The molecule has 0 radical (unpaired) electrons. The van der Waals surface area contributed by atoms with E-state index < -0.39 is 52.0 Å². The second-order valence-corrected chi connectivity index (χ2v) is 35.1. The molecule has 0 fully saturated rings. The lowest BCUT2D eigenvalue weighted by atomic mass is 10.0. The van der Waals surface area contributed by atoms with Crippen LogP contribution in [0.5, 0.6) is 34.5 Å². The number of nitrogens with one attached hydrogen (secondary N) is 6. The Kier molecular flexibility index (Phi) is 55.8. The van der Waals surface area contributed by atoms with Crippen LogP contribution in [0.4, 0.5) is 17.1 Å². The number of rotatable bonds is 58. The third-order valence-corrected chi connectivity index (χ3v) is 23.1. The number of anilines is 3. The molecule has 0 aliphatic rings. The molecule has 27 heteroatoms. The van der Waals surface area contributed by atoms with Crippen LogP contribution in [0.1, 0.15) is 207 Å². The van der Waals surface area contributed by atoms with Crippen LogP contribution in [0.25, 0.3) is 0 Å². The highest BCUT2D eigenvalue weighted by atomic mass is 32.2. The first-order valence-electron chi connectivity index (χ1n) is 48.1. The molecule has 3 atom stereocenters. The quantitative estimate of drug-likeness (QED) is 0.0117. The van der Waals surface area contributed by atoms with Crippen molar-refractivity contribution >= 4 is 62.7 Å². The van der Waals surface area contributed by atoms with E-state index in [1.165, 1.54) is 6.07 Å². The number of carbonyl (C=O) groups is 6. The summed E-state index contributed by atoms with van der Waals surface area (Å²) in [7, 11) is -3.72. The van der Waals surface area contributed by atoms with Crippen molar-refractivity contribution in [3.8, 4) is 34.5 Å². The third kappa shape index (κ3) is 43.9. The second-order valence-electron chi connectivity index (χ2n) is 33.3. The molecule has 26 nitrogen and oxygen atoms in total. The number of carbonyl (C=O) groups excluding carboxylic acids is 6. The third-order valence-electron chi connectivity index (χ3n) is 22.4. The molecular weight excluding hydrogens is 1790 g/mol. The first kappa shape index (κ1) is 118.